The maximum Gasteiger partial charge on any atom is 0.352 e. The number of aromatic carboxylic acids is 1. The van der Waals surface area contributed by atoms with Crippen LogP contribution in [0.15, 0.2) is 66.7 Å². The molecule has 0 amide bonds. The van der Waals surface area contributed by atoms with Gasteiger partial charge in [-0.05, 0) is 62.1 Å². The average molecular weight is 427 g/mol. The first-order chi connectivity index (χ1) is 15.4. The van der Waals surface area contributed by atoms with E-state index in [2.05, 4.69) is 85.9 Å². The van der Waals surface area contributed by atoms with Crippen LogP contribution in [0.25, 0.3) is 10.9 Å². The van der Waals surface area contributed by atoms with E-state index in [0.717, 1.165) is 40.6 Å². The molecule has 0 saturated carbocycles. The summed E-state index contributed by atoms with van der Waals surface area (Å²) in [6.07, 6.45) is 0.913. The Morgan fingerprint density at radius 3 is 2.38 bits per heavy atom. The van der Waals surface area contributed by atoms with E-state index in [0.29, 0.717) is 18.8 Å². The van der Waals surface area contributed by atoms with Gasteiger partial charge in [0.05, 0.1) is 0 Å². The minimum Gasteiger partial charge on any atom is -0.477 e. The lowest BCUT2D eigenvalue weighted by Crippen LogP contribution is -2.19. The molecule has 4 aromatic rings. The number of hydrogen-bond acceptors (Lipinski definition) is 2. The summed E-state index contributed by atoms with van der Waals surface area (Å²) in [6.45, 7) is 8.07. The van der Waals surface area contributed by atoms with Gasteiger partial charge >= 0.3 is 5.97 Å². The molecule has 0 saturated heterocycles. The molecule has 1 aromatic heterocycles. The third-order valence-electron chi connectivity index (χ3n) is 6.12. The molecule has 4 nitrogen and oxygen atoms in total. The molecule has 4 rings (SSSR count). The zero-order valence-electron chi connectivity index (χ0n) is 19.0. The van der Waals surface area contributed by atoms with Crippen molar-refractivity contribution in [3.05, 3.63) is 106 Å². The lowest BCUT2D eigenvalue weighted by atomic mass is 10.1. The van der Waals surface area contributed by atoms with E-state index in [1.807, 2.05) is 11.5 Å². The minimum atomic E-state index is -0.887. The first-order valence-corrected chi connectivity index (χ1v) is 11.1. The highest BCUT2D eigenvalue weighted by Gasteiger charge is 2.22. The number of rotatable bonds is 8. The van der Waals surface area contributed by atoms with Crippen LogP contribution in [-0.2, 0) is 19.5 Å². The number of nitrogens with zero attached hydrogens (tertiary/aromatic N) is 1. The van der Waals surface area contributed by atoms with Gasteiger partial charge in [-0.25, -0.2) is 4.79 Å². The van der Waals surface area contributed by atoms with Crippen molar-refractivity contribution >= 4 is 16.9 Å². The highest BCUT2D eigenvalue weighted by molar-refractivity contribution is 5.98. The Morgan fingerprint density at radius 1 is 0.938 bits per heavy atom. The van der Waals surface area contributed by atoms with Gasteiger partial charge in [0.1, 0.15) is 5.69 Å². The van der Waals surface area contributed by atoms with Gasteiger partial charge in [0.15, 0.2) is 0 Å². The first-order valence-electron chi connectivity index (χ1n) is 11.1. The van der Waals surface area contributed by atoms with E-state index in [9.17, 15) is 9.90 Å². The van der Waals surface area contributed by atoms with Crippen LogP contribution in [0.1, 0.15) is 43.9 Å². The Balaban J connectivity index is 1.65. The molecule has 0 aliphatic rings. The zero-order chi connectivity index (χ0) is 22.7. The molecule has 0 fully saturated rings. The van der Waals surface area contributed by atoms with Crippen molar-refractivity contribution in [2.45, 2.75) is 40.3 Å². The fraction of sp³-hybridized carbons (Fsp3) is 0.250. The van der Waals surface area contributed by atoms with Crippen LogP contribution in [0.2, 0.25) is 0 Å². The molecular formula is C28H30N2O2. The van der Waals surface area contributed by atoms with Gasteiger partial charge < -0.3 is 15.0 Å². The number of fused-ring (bicyclic) bond motifs is 1. The standard InChI is InChI=1S/C28H30N2O2/c1-19-8-11-22(12-9-19)18-30-26-16-20(2)10-13-24(26)25(27(30)28(31)32)17-29-15-14-23-7-5-4-6-21(23)3/h4-13,16,29H,14-15,17-18H2,1-3H3,(H,31,32). The second kappa shape index (κ2) is 9.41. The Hall–Kier alpha value is -3.37. The number of carbonyl (C=O) groups is 1. The first kappa shape index (κ1) is 21.8. The molecule has 0 aliphatic carbocycles. The summed E-state index contributed by atoms with van der Waals surface area (Å²) in [6, 6.07) is 22.9. The Kier molecular flexibility index (Phi) is 6.42. The maximum atomic E-state index is 12.4. The van der Waals surface area contributed by atoms with Crippen molar-refractivity contribution in [1.82, 2.24) is 9.88 Å². The summed E-state index contributed by atoms with van der Waals surface area (Å²) >= 11 is 0. The van der Waals surface area contributed by atoms with Gasteiger partial charge in [0.2, 0.25) is 0 Å². The lowest BCUT2D eigenvalue weighted by Gasteiger charge is -2.11. The van der Waals surface area contributed by atoms with Crippen molar-refractivity contribution in [3.63, 3.8) is 0 Å². The van der Waals surface area contributed by atoms with Crippen molar-refractivity contribution < 1.29 is 9.90 Å². The molecule has 1 heterocycles. The molecule has 0 aliphatic heterocycles. The molecule has 0 spiro atoms. The molecule has 3 aromatic carbocycles. The predicted molar refractivity (Wildman–Crippen MR) is 131 cm³/mol. The SMILES string of the molecule is Cc1ccc(Cn2c(C(=O)O)c(CNCCc3ccccc3C)c3ccc(C)cc32)cc1. The molecular weight excluding hydrogens is 396 g/mol. The normalized spacial score (nSPS) is 11.2. The molecule has 0 atom stereocenters. The van der Waals surface area contributed by atoms with Gasteiger partial charge in [0.25, 0.3) is 0 Å². The zero-order valence-corrected chi connectivity index (χ0v) is 19.0. The van der Waals surface area contributed by atoms with Crippen molar-refractivity contribution in [3.8, 4) is 0 Å². The van der Waals surface area contributed by atoms with E-state index in [4.69, 9.17) is 0 Å². The molecule has 0 bridgehead atoms. The number of hydrogen-bond donors (Lipinski definition) is 2. The van der Waals surface area contributed by atoms with Crippen molar-refractivity contribution in [2.75, 3.05) is 6.54 Å². The molecule has 32 heavy (non-hydrogen) atoms. The van der Waals surface area contributed by atoms with Crippen LogP contribution in [0.4, 0.5) is 0 Å². The summed E-state index contributed by atoms with van der Waals surface area (Å²) in [5.41, 5.74) is 8.20. The van der Waals surface area contributed by atoms with Crippen LogP contribution in [0.5, 0.6) is 0 Å². The van der Waals surface area contributed by atoms with Gasteiger partial charge in [-0.3, -0.25) is 0 Å². The summed E-state index contributed by atoms with van der Waals surface area (Å²) in [5.74, 6) is -0.887. The number of benzene rings is 3. The van der Waals surface area contributed by atoms with Crippen LogP contribution in [0, 0.1) is 20.8 Å². The van der Waals surface area contributed by atoms with E-state index in [-0.39, 0.29) is 0 Å². The highest BCUT2D eigenvalue weighted by Crippen LogP contribution is 2.29. The number of nitrogens with one attached hydrogen (secondary N) is 1. The van der Waals surface area contributed by atoms with Crippen LogP contribution < -0.4 is 5.32 Å². The fourth-order valence-corrected chi connectivity index (χ4v) is 4.32. The summed E-state index contributed by atoms with van der Waals surface area (Å²) < 4.78 is 1.95. The lowest BCUT2D eigenvalue weighted by molar-refractivity contribution is 0.0684. The Morgan fingerprint density at radius 2 is 1.66 bits per heavy atom. The third kappa shape index (κ3) is 4.61. The Bertz CT molecular complexity index is 1250. The van der Waals surface area contributed by atoms with Crippen LogP contribution in [0.3, 0.4) is 0 Å². The average Bonchev–Trinajstić information content (AvgIpc) is 3.06. The molecule has 4 heteroatoms. The van der Waals surface area contributed by atoms with Crippen molar-refractivity contribution in [2.24, 2.45) is 0 Å². The highest BCUT2D eigenvalue weighted by atomic mass is 16.4. The number of carboxylic acids is 1. The van der Waals surface area contributed by atoms with Gasteiger partial charge in [-0.15, -0.1) is 0 Å². The van der Waals surface area contributed by atoms with Gasteiger partial charge in [-0.1, -0.05) is 66.2 Å². The topological polar surface area (TPSA) is 54.3 Å². The van der Waals surface area contributed by atoms with Gasteiger partial charge in [0, 0.05) is 29.6 Å². The molecule has 164 valence electrons. The Labute approximate surface area is 189 Å². The summed E-state index contributed by atoms with van der Waals surface area (Å²) in [4.78, 5) is 12.4. The van der Waals surface area contributed by atoms with E-state index < -0.39 is 5.97 Å². The van der Waals surface area contributed by atoms with E-state index in [1.165, 1.54) is 16.7 Å². The van der Waals surface area contributed by atoms with Crippen LogP contribution >= 0.6 is 0 Å². The predicted octanol–water partition coefficient (Wildman–Crippen LogP) is 5.65. The number of carboxylic acid groups (broad SMARTS) is 1. The minimum absolute atomic E-state index is 0.370. The molecule has 2 N–H and O–H groups in total. The quantitative estimate of drug-likeness (QED) is 0.358. The summed E-state index contributed by atoms with van der Waals surface area (Å²) in [7, 11) is 0. The maximum absolute atomic E-state index is 12.4. The molecule has 0 unspecified atom stereocenters. The van der Waals surface area contributed by atoms with Crippen LogP contribution in [-0.4, -0.2) is 22.2 Å². The number of aryl methyl sites for hydroxylation is 3. The monoisotopic (exact) mass is 426 g/mol. The van der Waals surface area contributed by atoms with Crippen molar-refractivity contribution in [1.29, 1.82) is 0 Å². The van der Waals surface area contributed by atoms with Gasteiger partial charge in [-0.2, -0.15) is 0 Å². The molecule has 0 radical (unpaired) electrons. The smallest absolute Gasteiger partial charge is 0.352 e. The number of aromatic nitrogens is 1. The third-order valence-corrected chi connectivity index (χ3v) is 6.12. The second-order valence-electron chi connectivity index (χ2n) is 8.58. The van der Waals surface area contributed by atoms with E-state index >= 15 is 0 Å². The second-order valence-corrected chi connectivity index (χ2v) is 8.58. The summed E-state index contributed by atoms with van der Waals surface area (Å²) in [5, 5.41) is 14.7. The van der Waals surface area contributed by atoms with E-state index in [1.54, 1.807) is 0 Å². The largest absolute Gasteiger partial charge is 0.477 e. The fourth-order valence-electron chi connectivity index (χ4n) is 4.32.